The molecule has 1 N–H and O–H groups in total. The lowest BCUT2D eigenvalue weighted by Crippen LogP contribution is -2.27. The Morgan fingerprint density at radius 1 is 1.16 bits per heavy atom. The maximum atomic E-state index is 12.9. The summed E-state index contributed by atoms with van der Waals surface area (Å²) in [4.78, 5) is 12.9. The van der Waals surface area contributed by atoms with Crippen molar-refractivity contribution in [2.24, 2.45) is 0 Å². The van der Waals surface area contributed by atoms with Crippen LogP contribution < -0.4 is 10.4 Å². The van der Waals surface area contributed by atoms with Crippen LogP contribution in [0, 0.1) is 0 Å². The van der Waals surface area contributed by atoms with Gasteiger partial charge in [-0.3, -0.25) is 9.13 Å². The lowest BCUT2D eigenvalue weighted by atomic mass is 10.2. The summed E-state index contributed by atoms with van der Waals surface area (Å²) in [6, 6.07) is 16.9. The van der Waals surface area contributed by atoms with Gasteiger partial charge in [-0.25, -0.2) is 4.79 Å². The van der Waals surface area contributed by atoms with E-state index in [2.05, 4.69) is 0 Å². The minimum absolute atomic E-state index is 0.0424. The van der Waals surface area contributed by atoms with E-state index >= 15 is 0 Å². The van der Waals surface area contributed by atoms with Crippen LogP contribution in [0.3, 0.4) is 0 Å². The molecule has 0 aliphatic carbocycles. The molecule has 2 heterocycles. The van der Waals surface area contributed by atoms with Crippen LogP contribution in [-0.4, -0.2) is 21.4 Å². The highest BCUT2D eigenvalue weighted by molar-refractivity contribution is 5.31. The van der Waals surface area contributed by atoms with Crippen molar-refractivity contribution in [2.75, 3.05) is 7.11 Å². The molecule has 1 aliphatic heterocycles. The van der Waals surface area contributed by atoms with Gasteiger partial charge in [0.15, 0.2) is 6.23 Å². The Morgan fingerprint density at radius 3 is 2.56 bits per heavy atom. The van der Waals surface area contributed by atoms with Crippen LogP contribution >= 0.6 is 0 Å². The number of benzene rings is 2. The van der Waals surface area contributed by atoms with E-state index in [4.69, 9.17) is 9.47 Å². The molecule has 6 nitrogen and oxygen atoms in total. The first-order valence-electron chi connectivity index (χ1n) is 8.01. The highest BCUT2D eigenvalue weighted by Crippen LogP contribution is 2.32. The summed E-state index contributed by atoms with van der Waals surface area (Å²) in [6.07, 6.45) is -0.508. The molecular formula is C19H18N2O4. The van der Waals surface area contributed by atoms with Gasteiger partial charge in [-0.05, 0) is 17.7 Å². The SMILES string of the molecule is COc1ccc(Cn2c(O)c3n(c2=O)C(c2ccccc2)OC3)cc1. The largest absolute Gasteiger partial charge is 0.497 e. The molecule has 1 aliphatic rings. The monoisotopic (exact) mass is 338 g/mol. The number of ether oxygens (including phenoxy) is 2. The van der Waals surface area contributed by atoms with Gasteiger partial charge in [-0.15, -0.1) is 0 Å². The number of hydrogen-bond donors (Lipinski definition) is 1. The third kappa shape index (κ3) is 2.60. The number of nitrogens with zero attached hydrogens (tertiary/aromatic N) is 2. The Bertz CT molecular complexity index is 942. The molecule has 4 rings (SSSR count). The number of fused-ring (bicyclic) bond motifs is 1. The maximum absolute atomic E-state index is 12.9. The number of aromatic hydroxyl groups is 1. The Hall–Kier alpha value is -2.99. The van der Waals surface area contributed by atoms with E-state index in [0.717, 1.165) is 16.9 Å². The fraction of sp³-hybridized carbons (Fsp3) is 0.211. The smallest absolute Gasteiger partial charge is 0.334 e. The van der Waals surface area contributed by atoms with Crippen molar-refractivity contribution in [1.29, 1.82) is 0 Å². The number of aromatic nitrogens is 2. The molecule has 6 heteroatoms. The number of hydrogen-bond acceptors (Lipinski definition) is 4. The predicted molar refractivity (Wildman–Crippen MR) is 91.8 cm³/mol. The van der Waals surface area contributed by atoms with Gasteiger partial charge in [-0.2, -0.15) is 0 Å². The molecule has 25 heavy (non-hydrogen) atoms. The summed E-state index contributed by atoms with van der Waals surface area (Å²) in [7, 11) is 1.60. The predicted octanol–water partition coefficient (Wildman–Crippen LogP) is 2.49. The first-order chi connectivity index (χ1) is 12.2. The molecule has 0 spiro atoms. The van der Waals surface area contributed by atoms with Crippen LogP contribution in [0.4, 0.5) is 0 Å². The second-order valence-electron chi connectivity index (χ2n) is 5.93. The van der Waals surface area contributed by atoms with E-state index in [9.17, 15) is 9.90 Å². The molecule has 0 radical (unpaired) electrons. The van der Waals surface area contributed by atoms with Crippen LogP contribution in [0.25, 0.3) is 0 Å². The fourth-order valence-electron chi connectivity index (χ4n) is 3.13. The zero-order valence-electron chi connectivity index (χ0n) is 13.8. The van der Waals surface area contributed by atoms with Crippen LogP contribution in [-0.2, 0) is 17.9 Å². The summed E-state index contributed by atoms with van der Waals surface area (Å²) in [5, 5.41) is 10.5. The molecule has 0 fully saturated rings. The Morgan fingerprint density at radius 2 is 1.88 bits per heavy atom. The third-order valence-corrected chi connectivity index (χ3v) is 4.44. The fourth-order valence-corrected chi connectivity index (χ4v) is 3.13. The van der Waals surface area contributed by atoms with E-state index < -0.39 is 6.23 Å². The van der Waals surface area contributed by atoms with E-state index in [0.29, 0.717) is 5.69 Å². The van der Waals surface area contributed by atoms with Gasteiger partial charge >= 0.3 is 5.69 Å². The molecule has 1 atom stereocenters. The topological polar surface area (TPSA) is 65.6 Å². The van der Waals surface area contributed by atoms with Crippen molar-refractivity contribution >= 4 is 0 Å². The van der Waals surface area contributed by atoms with E-state index in [1.54, 1.807) is 7.11 Å². The van der Waals surface area contributed by atoms with Crippen LogP contribution in [0.5, 0.6) is 11.6 Å². The van der Waals surface area contributed by atoms with Gasteiger partial charge in [0.1, 0.15) is 11.4 Å². The number of methoxy groups -OCH3 is 1. The summed E-state index contributed by atoms with van der Waals surface area (Å²) in [5.41, 5.74) is 2.01. The number of imidazole rings is 1. The summed E-state index contributed by atoms with van der Waals surface area (Å²) >= 11 is 0. The van der Waals surface area contributed by atoms with E-state index in [-0.39, 0.29) is 24.7 Å². The maximum Gasteiger partial charge on any atom is 0.334 e. The van der Waals surface area contributed by atoms with Gasteiger partial charge in [-0.1, -0.05) is 42.5 Å². The molecule has 1 unspecified atom stereocenters. The quantitative estimate of drug-likeness (QED) is 0.794. The molecule has 0 bridgehead atoms. The van der Waals surface area contributed by atoms with Crippen molar-refractivity contribution in [2.45, 2.75) is 19.4 Å². The lowest BCUT2D eigenvalue weighted by molar-refractivity contribution is 0.0590. The van der Waals surface area contributed by atoms with Gasteiger partial charge in [0.05, 0.1) is 20.3 Å². The standard InChI is InChI=1S/C19H18N2O4/c1-24-15-9-7-13(8-10-15)11-20-17(22)16-12-25-18(21(16)19(20)23)14-5-3-2-4-6-14/h2-10,18,22H,11-12H2,1H3. The molecule has 3 aromatic rings. The molecule has 128 valence electrons. The number of rotatable bonds is 4. The molecule has 0 saturated heterocycles. The van der Waals surface area contributed by atoms with Crippen LogP contribution in [0.15, 0.2) is 59.4 Å². The molecule has 0 saturated carbocycles. The third-order valence-electron chi connectivity index (χ3n) is 4.44. The molecule has 1 aromatic heterocycles. The normalized spacial score (nSPS) is 16.0. The zero-order chi connectivity index (χ0) is 17.4. The van der Waals surface area contributed by atoms with E-state index in [1.807, 2.05) is 54.6 Å². The molecule has 0 amide bonds. The van der Waals surface area contributed by atoms with Crippen molar-refractivity contribution < 1.29 is 14.6 Å². The zero-order valence-corrected chi connectivity index (χ0v) is 13.8. The van der Waals surface area contributed by atoms with Gasteiger partial charge in [0.25, 0.3) is 0 Å². The first-order valence-corrected chi connectivity index (χ1v) is 8.01. The van der Waals surface area contributed by atoms with Crippen molar-refractivity contribution in [1.82, 2.24) is 9.13 Å². The first kappa shape index (κ1) is 15.5. The summed E-state index contributed by atoms with van der Waals surface area (Å²) in [6.45, 7) is 0.492. The van der Waals surface area contributed by atoms with Gasteiger partial charge in [0, 0.05) is 5.56 Å². The van der Waals surface area contributed by atoms with Gasteiger partial charge in [0.2, 0.25) is 5.88 Å². The highest BCUT2D eigenvalue weighted by Gasteiger charge is 2.32. The van der Waals surface area contributed by atoms with Crippen molar-refractivity contribution in [3.63, 3.8) is 0 Å². The van der Waals surface area contributed by atoms with Crippen molar-refractivity contribution in [3.8, 4) is 11.6 Å². The Balaban J connectivity index is 1.71. The minimum atomic E-state index is -0.508. The summed E-state index contributed by atoms with van der Waals surface area (Å²) in [5.74, 6) is 0.705. The van der Waals surface area contributed by atoms with E-state index in [1.165, 1.54) is 9.13 Å². The average Bonchev–Trinajstić information content (AvgIpc) is 3.19. The minimum Gasteiger partial charge on any atom is -0.497 e. The molecule has 2 aromatic carbocycles. The van der Waals surface area contributed by atoms with Gasteiger partial charge < -0.3 is 14.6 Å². The lowest BCUT2D eigenvalue weighted by Gasteiger charge is -2.12. The Labute approximate surface area is 144 Å². The van der Waals surface area contributed by atoms with Crippen LogP contribution in [0.1, 0.15) is 23.0 Å². The molecular weight excluding hydrogens is 320 g/mol. The second-order valence-corrected chi connectivity index (χ2v) is 5.93. The average molecular weight is 338 g/mol. The van der Waals surface area contributed by atoms with Crippen LogP contribution in [0.2, 0.25) is 0 Å². The Kier molecular flexibility index (Phi) is 3.82. The summed E-state index contributed by atoms with van der Waals surface area (Å²) < 4.78 is 13.8. The van der Waals surface area contributed by atoms with Crippen molar-refractivity contribution in [3.05, 3.63) is 81.9 Å². The highest BCUT2D eigenvalue weighted by atomic mass is 16.5. The second kappa shape index (κ2) is 6.14.